The zero-order valence-corrected chi connectivity index (χ0v) is 13.2. The third-order valence-electron chi connectivity index (χ3n) is 4.06. The zero-order chi connectivity index (χ0) is 16.4. The molecule has 1 N–H and O–H groups in total. The molecule has 0 spiro atoms. The second-order valence-corrected chi connectivity index (χ2v) is 6.02. The van der Waals surface area contributed by atoms with E-state index in [1.54, 1.807) is 30.3 Å². The Labute approximate surface area is 135 Å². The Kier molecular flexibility index (Phi) is 4.15. The minimum Gasteiger partial charge on any atom is -0.461 e. The highest BCUT2D eigenvalue weighted by Gasteiger charge is 2.36. The molecule has 3 rings (SSSR count). The Hall–Kier alpha value is -2.62. The summed E-state index contributed by atoms with van der Waals surface area (Å²) < 4.78 is 5.72. The minimum absolute atomic E-state index is 0.0333. The molecule has 1 heterocycles. The maximum atomic E-state index is 11.9. The van der Waals surface area contributed by atoms with Crippen LogP contribution in [0.5, 0.6) is 0 Å². The highest BCUT2D eigenvalue weighted by Crippen LogP contribution is 2.47. The molecule has 2 atom stereocenters. The van der Waals surface area contributed by atoms with Gasteiger partial charge in [0.15, 0.2) is 5.78 Å². The molecule has 0 radical (unpaired) electrons. The van der Waals surface area contributed by atoms with Crippen molar-refractivity contribution >= 4 is 23.5 Å². The number of amides is 1. The van der Waals surface area contributed by atoms with Gasteiger partial charge in [0.25, 0.3) is 0 Å². The number of Topliss-reactive ketones (excluding diaryl/α,β-unsaturated/α-hetero) is 1. The molecule has 23 heavy (non-hydrogen) atoms. The van der Waals surface area contributed by atoms with Gasteiger partial charge in [-0.25, -0.2) is 0 Å². The van der Waals surface area contributed by atoms with E-state index in [2.05, 4.69) is 12.2 Å². The third kappa shape index (κ3) is 3.77. The molecule has 1 fully saturated rings. The summed E-state index contributed by atoms with van der Waals surface area (Å²) in [6.07, 6.45) is 4.25. The average Bonchev–Trinajstić information content (AvgIpc) is 3.07. The van der Waals surface area contributed by atoms with Crippen LogP contribution in [0.1, 0.15) is 48.1 Å². The van der Waals surface area contributed by atoms with Gasteiger partial charge < -0.3 is 9.73 Å². The average molecular weight is 309 g/mol. The monoisotopic (exact) mass is 309 g/mol. The van der Waals surface area contributed by atoms with Gasteiger partial charge in [-0.15, -0.1) is 0 Å². The molecule has 0 aliphatic heterocycles. The fraction of sp³-hybridized carbons (Fsp3) is 0.263. The summed E-state index contributed by atoms with van der Waals surface area (Å²) in [7, 11) is 0. The van der Waals surface area contributed by atoms with E-state index in [9.17, 15) is 9.59 Å². The van der Waals surface area contributed by atoms with E-state index in [0.29, 0.717) is 28.8 Å². The Bertz CT molecular complexity index is 772. The molecule has 1 saturated carbocycles. The molecule has 118 valence electrons. The van der Waals surface area contributed by atoms with Crippen molar-refractivity contribution in [3.63, 3.8) is 0 Å². The zero-order valence-electron chi connectivity index (χ0n) is 13.2. The molecule has 2 unspecified atom stereocenters. The molecule has 4 heteroatoms. The van der Waals surface area contributed by atoms with Crippen molar-refractivity contribution in [1.29, 1.82) is 0 Å². The van der Waals surface area contributed by atoms with Crippen LogP contribution in [0.25, 0.3) is 6.08 Å². The molecule has 0 saturated heterocycles. The maximum absolute atomic E-state index is 11.9. The summed E-state index contributed by atoms with van der Waals surface area (Å²) in [5, 5.41) is 2.74. The van der Waals surface area contributed by atoms with E-state index in [0.717, 1.165) is 5.76 Å². The van der Waals surface area contributed by atoms with Gasteiger partial charge in [0.05, 0.1) is 0 Å². The predicted molar refractivity (Wildman–Crippen MR) is 89.3 cm³/mol. The van der Waals surface area contributed by atoms with Crippen LogP contribution < -0.4 is 5.32 Å². The van der Waals surface area contributed by atoms with Crippen molar-refractivity contribution in [2.24, 2.45) is 5.92 Å². The fourth-order valence-corrected chi connectivity index (χ4v) is 2.53. The first-order valence-electron chi connectivity index (χ1n) is 7.73. The number of ketones is 1. The number of nitrogens with one attached hydrogen (secondary N) is 1. The van der Waals surface area contributed by atoms with Crippen LogP contribution in [-0.2, 0) is 4.79 Å². The summed E-state index contributed by atoms with van der Waals surface area (Å²) in [5.74, 6) is 2.59. The van der Waals surface area contributed by atoms with Crippen LogP contribution in [-0.4, -0.2) is 11.7 Å². The second-order valence-electron chi connectivity index (χ2n) is 6.02. The van der Waals surface area contributed by atoms with Crippen LogP contribution in [0.15, 0.2) is 46.9 Å². The molecular weight excluding hydrogens is 290 g/mol. The first-order valence-corrected chi connectivity index (χ1v) is 7.73. The summed E-state index contributed by atoms with van der Waals surface area (Å²) >= 11 is 0. The van der Waals surface area contributed by atoms with Gasteiger partial charge >= 0.3 is 0 Å². The summed E-state index contributed by atoms with van der Waals surface area (Å²) in [6.45, 7) is 3.70. The van der Waals surface area contributed by atoms with Gasteiger partial charge in [0.2, 0.25) is 5.91 Å². The van der Waals surface area contributed by atoms with Gasteiger partial charge in [-0.1, -0.05) is 19.1 Å². The topological polar surface area (TPSA) is 59.3 Å². The van der Waals surface area contributed by atoms with Crippen LogP contribution in [0.4, 0.5) is 5.69 Å². The van der Waals surface area contributed by atoms with Crippen molar-refractivity contribution in [3.05, 3.63) is 59.6 Å². The van der Waals surface area contributed by atoms with E-state index in [-0.39, 0.29) is 11.7 Å². The molecular formula is C19H19NO3. The highest BCUT2D eigenvalue weighted by atomic mass is 16.3. The van der Waals surface area contributed by atoms with Crippen LogP contribution >= 0.6 is 0 Å². The van der Waals surface area contributed by atoms with Gasteiger partial charge in [-0.2, -0.15) is 0 Å². The first kappa shape index (κ1) is 15.3. The smallest absolute Gasteiger partial charge is 0.248 e. The lowest BCUT2D eigenvalue weighted by Crippen LogP contribution is -2.08. The third-order valence-corrected chi connectivity index (χ3v) is 4.06. The molecule has 1 aliphatic rings. The standard InChI is InChI=1S/C19H19NO3/c1-12-10-17(12)18-8-6-16(23-18)7-9-19(22)20-15-5-3-4-14(11-15)13(2)21/h3-9,11-12,17H,10H2,1-2H3,(H,20,22). The van der Waals surface area contributed by atoms with Crippen molar-refractivity contribution in [2.45, 2.75) is 26.2 Å². The van der Waals surface area contributed by atoms with Gasteiger partial charge in [0, 0.05) is 23.2 Å². The van der Waals surface area contributed by atoms with Gasteiger partial charge in [-0.05, 0) is 49.6 Å². The number of rotatable bonds is 5. The van der Waals surface area contributed by atoms with Crippen molar-refractivity contribution in [2.75, 3.05) is 5.32 Å². The number of benzene rings is 1. The summed E-state index contributed by atoms with van der Waals surface area (Å²) in [5.41, 5.74) is 1.17. The second kappa shape index (κ2) is 6.24. The SMILES string of the molecule is CC(=O)c1cccc(NC(=O)C=Cc2ccc(C3CC3C)o2)c1. The lowest BCUT2D eigenvalue weighted by molar-refractivity contribution is -0.111. The fourth-order valence-electron chi connectivity index (χ4n) is 2.53. The molecule has 1 aromatic carbocycles. The van der Waals surface area contributed by atoms with E-state index < -0.39 is 0 Å². The highest BCUT2D eigenvalue weighted by molar-refractivity contribution is 6.03. The van der Waals surface area contributed by atoms with Crippen LogP contribution in [0.2, 0.25) is 0 Å². The Morgan fingerprint density at radius 1 is 1.26 bits per heavy atom. The molecule has 4 nitrogen and oxygen atoms in total. The Morgan fingerprint density at radius 3 is 2.74 bits per heavy atom. The number of hydrogen-bond donors (Lipinski definition) is 1. The van der Waals surface area contributed by atoms with Crippen LogP contribution in [0, 0.1) is 5.92 Å². The summed E-state index contributed by atoms with van der Waals surface area (Å²) in [6, 6.07) is 10.7. The Morgan fingerprint density at radius 2 is 2.04 bits per heavy atom. The molecule has 2 aromatic rings. The Balaban J connectivity index is 1.61. The molecule has 0 bridgehead atoms. The van der Waals surface area contributed by atoms with Gasteiger partial charge in [0.1, 0.15) is 11.5 Å². The largest absolute Gasteiger partial charge is 0.461 e. The van der Waals surface area contributed by atoms with Crippen molar-refractivity contribution in [1.82, 2.24) is 0 Å². The quantitative estimate of drug-likeness (QED) is 0.663. The van der Waals surface area contributed by atoms with Crippen LogP contribution in [0.3, 0.4) is 0 Å². The number of hydrogen-bond acceptors (Lipinski definition) is 3. The van der Waals surface area contributed by atoms with Gasteiger partial charge in [-0.3, -0.25) is 9.59 Å². The van der Waals surface area contributed by atoms with Crippen molar-refractivity contribution < 1.29 is 14.0 Å². The number of carbonyl (C=O) groups is 2. The molecule has 1 aliphatic carbocycles. The molecule has 1 amide bonds. The van der Waals surface area contributed by atoms with E-state index >= 15 is 0 Å². The molecule has 1 aromatic heterocycles. The lowest BCUT2D eigenvalue weighted by Gasteiger charge is -2.03. The lowest BCUT2D eigenvalue weighted by atomic mass is 10.1. The minimum atomic E-state index is -0.261. The summed E-state index contributed by atoms with van der Waals surface area (Å²) in [4.78, 5) is 23.3. The number of carbonyl (C=O) groups excluding carboxylic acids is 2. The van der Waals surface area contributed by atoms with E-state index in [1.165, 1.54) is 19.4 Å². The number of furan rings is 1. The maximum Gasteiger partial charge on any atom is 0.248 e. The van der Waals surface area contributed by atoms with E-state index in [1.807, 2.05) is 12.1 Å². The number of anilines is 1. The first-order chi connectivity index (χ1) is 11.0. The normalized spacial score (nSPS) is 19.7. The van der Waals surface area contributed by atoms with E-state index in [4.69, 9.17) is 4.42 Å². The van der Waals surface area contributed by atoms with Crippen molar-refractivity contribution in [3.8, 4) is 0 Å². The predicted octanol–water partition coefficient (Wildman–Crippen LogP) is 4.26.